The molecule has 3 heteroatoms. The van der Waals surface area contributed by atoms with Gasteiger partial charge in [0.15, 0.2) is 0 Å². The van der Waals surface area contributed by atoms with Crippen LogP contribution in [0.5, 0.6) is 0 Å². The smallest absolute Gasteiger partial charge is 0.0462 e. The minimum Gasteiger partial charge on any atom is -0.299 e. The summed E-state index contributed by atoms with van der Waals surface area (Å²) in [7, 11) is 2.15. The van der Waals surface area contributed by atoms with E-state index >= 15 is 0 Å². The molecule has 0 saturated carbocycles. The largest absolute Gasteiger partial charge is 0.299 e. The van der Waals surface area contributed by atoms with Crippen LogP contribution >= 0.6 is 27.5 Å². The highest BCUT2D eigenvalue weighted by Gasteiger charge is 2.24. The zero-order valence-electron chi connectivity index (χ0n) is 11.2. The van der Waals surface area contributed by atoms with E-state index in [-0.39, 0.29) is 5.41 Å². The van der Waals surface area contributed by atoms with Crippen molar-refractivity contribution in [1.82, 2.24) is 4.90 Å². The second kappa shape index (κ2) is 5.73. The summed E-state index contributed by atoms with van der Waals surface area (Å²) in [5, 5.41) is 0.826. The van der Waals surface area contributed by atoms with Crippen molar-refractivity contribution in [2.45, 2.75) is 40.3 Å². The summed E-state index contributed by atoms with van der Waals surface area (Å²) in [6.45, 7) is 9.92. The second-order valence-corrected chi connectivity index (χ2v) is 7.02. The van der Waals surface area contributed by atoms with Crippen molar-refractivity contribution in [2.24, 2.45) is 5.41 Å². The van der Waals surface area contributed by atoms with Gasteiger partial charge in [-0.2, -0.15) is 0 Å². The second-order valence-electron chi connectivity index (χ2n) is 5.69. The molecule has 0 amide bonds. The van der Waals surface area contributed by atoms with E-state index in [2.05, 4.69) is 61.6 Å². The molecule has 0 saturated heterocycles. The predicted octanol–water partition coefficient (Wildman–Crippen LogP) is 4.97. The molecule has 0 bridgehead atoms. The van der Waals surface area contributed by atoms with E-state index < -0.39 is 0 Å². The maximum absolute atomic E-state index is 6.24. The van der Waals surface area contributed by atoms with Gasteiger partial charge in [-0.25, -0.2) is 0 Å². The van der Waals surface area contributed by atoms with Crippen molar-refractivity contribution in [1.29, 1.82) is 0 Å². The molecule has 0 heterocycles. The highest BCUT2D eigenvalue weighted by molar-refractivity contribution is 9.10. The zero-order valence-corrected chi connectivity index (χ0v) is 13.6. The summed E-state index contributed by atoms with van der Waals surface area (Å²) < 4.78 is 1.03. The summed E-state index contributed by atoms with van der Waals surface area (Å²) in [5.41, 5.74) is 1.45. The minimum atomic E-state index is 0.274. The first-order valence-electron chi connectivity index (χ1n) is 5.86. The summed E-state index contributed by atoms with van der Waals surface area (Å²) in [6.07, 6.45) is 0. The molecule has 0 spiro atoms. The Morgan fingerprint density at radius 3 is 2.41 bits per heavy atom. The molecule has 0 aliphatic carbocycles. The quantitative estimate of drug-likeness (QED) is 0.760. The SMILES string of the molecule is CC(N(C)Cc1ccc(Br)cc1Cl)C(C)(C)C. The van der Waals surface area contributed by atoms with Crippen molar-refractivity contribution in [3.63, 3.8) is 0 Å². The third-order valence-electron chi connectivity index (χ3n) is 3.35. The number of rotatable bonds is 3. The normalized spacial score (nSPS) is 14.1. The Labute approximate surface area is 118 Å². The van der Waals surface area contributed by atoms with Crippen molar-refractivity contribution in [3.05, 3.63) is 33.3 Å². The van der Waals surface area contributed by atoms with Crippen molar-refractivity contribution < 1.29 is 0 Å². The van der Waals surface area contributed by atoms with Crippen LogP contribution in [-0.2, 0) is 6.54 Å². The highest BCUT2D eigenvalue weighted by Crippen LogP contribution is 2.27. The molecule has 0 N–H and O–H groups in total. The molecule has 1 aromatic rings. The number of hydrogen-bond donors (Lipinski definition) is 0. The molecule has 1 rings (SSSR count). The Kier molecular flexibility index (Phi) is 5.06. The van der Waals surface area contributed by atoms with Gasteiger partial charge in [0.05, 0.1) is 0 Å². The molecule has 1 aromatic carbocycles. The van der Waals surface area contributed by atoms with Crippen LogP contribution in [0.3, 0.4) is 0 Å². The van der Waals surface area contributed by atoms with Crippen molar-refractivity contribution in [3.8, 4) is 0 Å². The molecule has 1 atom stereocenters. The van der Waals surface area contributed by atoms with Gasteiger partial charge in [0, 0.05) is 22.1 Å². The number of benzene rings is 1. The van der Waals surface area contributed by atoms with Crippen LogP contribution in [0.2, 0.25) is 5.02 Å². The summed E-state index contributed by atoms with van der Waals surface area (Å²) in [5.74, 6) is 0. The zero-order chi connectivity index (χ0) is 13.2. The summed E-state index contributed by atoms with van der Waals surface area (Å²) in [4.78, 5) is 2.34. The van der Waals surface area contributed by atoms with E-state index in [1.54, 1.807) is 0 Å². The Balaban J connectivity index is 2.78. The number of halogens is 2. The van der Waals surface area contributed by atoms with Crippen LogP contribution in [0.15, 0.2) is 22.7 Å². The maximum atomic E-state index is 6.24. The molecule has 0 fully saturated rings. The summed E-state index contributed by atoms with van der Waals surface area (Å²) in [6, 6.07) is 6.57. The molecule has 0 radical (unpaired) electrons. The first-order valence-corrected chi connectivity index (χ1v) is 7.03. The third-order valence-corrected chi connectivity index (χ3v) is 4.19. The Morgan fingerprint density at radius 2 is 1.94 bits per heavy atom. The van der Waals surface area contributed by atoms with Gasteiger partial charge in [0.25, 0.3) is 0 Å². The van der Waals surface area contributed by atoms with Gasteiger partial charge >= 0.3 is 0 Å². The van der Waals surface area contributed by atoms with Gasteiger partial charge in [0.1, 0.15) is 0 Å². The van der Waals surface area contributed by atoms with Gasteiger partial charge in [-0.05, 0) is 37.1 Å². The van der Waals surface area contributed by atoms with Crippen LogP contribution < -0.4 is 0 Å². The van der Waals surface area contributed by atoms with Gasteiger partial charge in [-0.15, -0.1) is 0 Å². The lowest BCUT2D eigenvalue weighted by Crippen LogP contribution is -2.38. The molecule has 0 aliphatic rings. The molecule has 0 aliphatic heterocycles. The maximum Gasteiger partial charge on any atom is 0.0462 e. The summed E-state index contributed by atoms with van der Waals surface area (Å²) >= 11 is 9.66. The van der Waals surface area contributed by atoms with Crippen LogP contribution in [0.1, 0.15) is 33.3 Å². The molecule has 1 unspecified atom stereocenters. The standard InChI is InChI=1S/C14H21BrClN/c1-10(14(2,3)4)17(5)9-11-6-7-12(15)8-13(11)16/h6-8,10H,9H2,1-5H3. The molecule has 17 heavy (non-hydrogen) atoms. The van der Waals surface area contributed by atoms with E-state index in [4.69, 9.17) is 11.6 Å². The number of nitrogens with zero attached hydrogens (tertiary/aromatic N) is 1. The van der Waals surface area contributed by atoms with E-state index in [0.717, 1.165) is 16.0 Å². The van der Waals surface area contributed by atoms with Gasteiger partial charge < -0.3 is 0 Å². The molecule has 0 aromatic heterocycles. The van der Waals surface area contributed by atoms with Crippen LogP contribution in [0.4, 0.5) is 0 Å². The topological polar surface area (TPSA) is 3.24 Å². The van der Waals surface area contributed by atoms with Crippen LogP contribution in [0.25, 0.3) is 0 Å². The molecule has 1 nitrogen and oxygen atoms in total. The molecular formula is C14H21BrClN. The molecule has 96 valence electrons. The van der Waals surface area contributed by atoms with E-state index in [1.807, 2.05) is 12.1 Å². The fourth-order valence-corrected chi connectivity index (χ4v) is 2.45. The van der Waals surface area contributed by atoms with Crippen molar-refractivity contribution in [2.75, 3.05) is 7.05 Å². The molecular weight excluding hydrogens is 298 g/mol. The Bertz CT molecular complexity index is 384. The first kappa shape index (κ1) is 15.0. The number of hydrogen-bond acceptors (Lipinski definition) is 1. The van der Waals surface area contributed by atoms with Crippen LogP contribution in [-0.4, -0.2) is 18.0 Å². The lowest BCUT2D eigenvalue weighted by Gasteiger charge is -2.35. The van der Waals surface area contributed by atoms with Gasteiger partial charge in [0.2, 0.25) is 0 Å². The Morgan fingerprint density at radius 1 is 1.35 bits per heavy atom. The third kappa shape index (κ3) is 4.27. The average Bonchev–Trinajstić information content (AvgIpc) is 2.19. The predicted molar refractivity (Wildman–Crippen MR) is 79.5 cm³/mol. The van der Waals surface area contributed by atoms with E-state index in [0.29, 0.717) is 6.04 Å². The first-order chi connectivity index (χ1) is 7.71. The van der Waals surface area contributed by atoms with Crippen LogP contribution in [0, 0.1) is 5.41 Å². The van der Waals surface area contributed by atoms with Gasteiger partial charge in [-0.1, -0.05) is 54.4 Å². The monoisotopic (exact) mass is 317 g/mol. The fourth-order valence-electron chi connectivity index (χ4n) is 1.72. The van der Waals surface area contributed by atoms with E-state index in [1.165, 1.54) is 5.56 Å². The fraction of sp³-hybridized carbons (Fsp3) is 0.571. The van der Waals surface area contributed by atoms with E-state index in [9.17, 15) is 0 Å². The average molecular weight is 319 g/mol. The minimum absolute atomic E-state index is 0.274. The lowest BCUT2D eigenvalue weighted by molar-refractivity contribution is 0.135. The lowest BCUT2D eigenvalue weighted by atomic mass is 9.87. The highest BCUT2D eigenvalue weighted by atomic mass is 79.9. The Hall–Kier alpha value is -0.0500. The van der Waals surface area contributed by atoms with Gasteiger partial charge in [-0.3, -0.25) is 4.90 Å². The van der Waals surface area contributed by atoms with Crippen molar-refractivity contribution >= 4 is 27.5 Å².